The Bertz CT molecular complexity index is 1150. The number of nitrogens with one attached hydrogen (secondary N) is 1. The quantitative estimate of drug-likeness (QED) is 0.0910. The summed E-state index contributed by atoms with van der Waals surface area (Å²) in [4.78, 5) is 38.0. The number of hydrogen-bond donors (Lipinski definition) is 4. The summed E-state index contributed by atoms with van der Waals surface area (Å²) in [6.45, 7) is 6.12. The highest BCUT2D eigenvalue weighted by Gasteiger charge is 2.25. The van der Waals surface area contributed by atoms with Crippen LogP contribution >= 0.6 is 15.9 Å². The van der Waals surface area contributed by atoms with Gasteiger partial charge in [0.1, 0.15) is 0 Å². The third-order valence-electron chi connectivity index (χ3n) is 6.25. The number of nitrogens with two attached hydrogens (primary N) is 3. The van der Waals surface area contributed by atoms with E-state index in [0.29, 0.717) is 31.1 Å². The average molecular weight is 633 g/mol. The SMILES string of the molecule is CCNC(=O)N(C/C(N)=C/N(N)CCC(=O)OCC)Cc1ccc(N)cc1.O=CN1CCCC1c1ccccc1Br. The third-order valence-corrected chi connectivity index (χ3v) is 6.97. The zero-order chi connectivity index (χ0) is 30.2. The van der Waals surface area contributed by atoms with Crippen LogP contribution in [0.1, 0.15) is 50.3 Å². The van der Waals surface area contributed by atoms with Crippen molar-refractivity contribution in [3.05, 3.63) is 76.0 Å². The number of esters is 1. The molecule has 41 heavy (non-hydrogen) atoms. The summed E-state index contributed by atoms with van der Waals surface area (Å²) in [6, 6.07) is 15.4. The lowest BCUT2D eigenvalue weighted by molar-refractivity contribution is -0.143. The number of nitrogen functional groups attached to an aromatic ring is 1. The number of carbonyl (C=O) groups excluding carboxylic acids is 3. The van der Waals surface area contributed by atoms with Crippen molar-refractivity contribution in [3.8, 4) is 0 Å². The molecule has 2 aromatic rings. The van der Waals surface area contributed by atoms with Gasteiger partial charge in [-0.15, -0.1) is 0 Å². The van der Waals surface area contributed by atoms with Crippen molar-refractivity contribution in [2.75, 3.05) is 38.5 Å². The molecular weight excluding hydrogens is 590 g/mol. The molecule has 0 aromatic heterocycles. The van der Waals surface area contributed by atoms with Gasteiger partial charge in [0.2, 0.25) is 6.41 Å². The summed E-state index contributed by atoms with van der Waals surface area (Å²) in [6.07, 6.45) is 4.79. The molecule has 7 N–H and O–H groups in total. The average Bonchev–Trinajstić information content (AvgIpc) is 3.42. The Morgan fingerprint density at radius 3 is 2.51 bits per heavy atom. The lowest BCUT2D eigenvalue weighted by atomic mass is 10.1. The van der Waals surface area contributed by atoms with Crippen LogP contribution in [-0.2, 0) is 20.9 Å². The second-order valence-corrected chi connectivity index (χ2v) is 10.3. The van der Waals surface area contributed by atoms with Gasteiger partial charge in [0, 0.05) is 48.2 Å². The number of hydrazine groups is 1. The first-order valence-corrected chi connectivity index (χ1v) is 14.4. The molecule has 0 spiro atoms. The van der Waals surface area contributed by atoms with E-state index in [0.717, 1.165) is 35.8 Å². The number of carbonyl (C=O) groups is 3. The van der Waals surface area contributed by atoms with Crippen LogP contribution < -0.4 is 22.6 Å². The van der Waals surface area contributed by atoms with Gasteiger partial charge < -0.3 is 36.3 Å². The van der Waals surface area contributed by atoms with Crippen molar-refractivity contribution in [2.24, 2.45) is 11.6 Å². The van der Waals surface area contributed by atoms with Gasteiger partial charge in [-0.05, 0) is 56.0 Å². The van der Waals surface area contributed by atoms with E-state index in [1.165, 1.54) is 16.8 Å². The molecule has 0 radical (unpaired) electrons. The van der Waals surface area contributed by atoms with E-state index in [1.54, 1.807) is 24.0 Å². The topological polar surface area (TPSA) is 160 Å². The van der Waals surface area contributed by atoms with Crippen molar-refractivity contribution >= 4 is 40.0 Å². The zero-order valence-corrected chi connectivity index (χ0v) is 25.4. The molecule has 0 aliphatic carbocycles. The normalized spacial score (nSPS) is 14.5. The number of urea groups is 1. The highest BCUT2D eigenvalue weighted by Crippen LogP contribution is 2.34. The number of amides is 3. The minimum Gasteiger partial charge on any atom is -0.466 e. The Hall–Kier alpha value is -3.77. The summed E-state index contributed by atoms with van der Waals surface area (Å²) >= 11 is 3.52. The van der Waals surface area contributed by atoms with Gasteiger partial charge >= 0.3 is 12.0 Å². The predicted molar refractivity (Wildman–Crippen MR) is 164 cm³/mol. The Labute approximate surface area is 250 Å². The van der Waals surface area contributed by atoms with Gasteiger partial charge in [-0.2, -0.15) is 0 Å². The first-order chi connectivity index (χ1) is 19.7. The van der Waals surface area contributed by atoms with E-state index < -0.39 is 0 Å². The largest absolute Gasteiger partial charge is 0.466 e. The standard InChI is InChI=1S/C18H30N6O3.C11H12BrNO/c1-3-22-18(26)23(11-14-5-7-15(19)8-6-14)12-16(20)13-24(21)10-9-17(25)27-4-2;12-10-5-2-1-4-9(10)11-6-3-7-13(11)8-14/h5-8,13H,3-4,9-12,19-21H2,1-2H3,(H,22,26);1-2,4-5,8,11H,3,6-7H2/b16-13-;. The number of hydrogen-bond acceptors (Lipinski definition) is 8. The molecule has 1 aliphatic rings. The van der Waals surface area contributed by atoms with E-state index in [9.17, 15) is 14.4 Å². The summed E-state index contributed by atoms with van der Waals surface area (Å²) in [5.74, 6) is 5.51. The summed E-state index contributed by atoms with van der Waals surface area (Å²) in [5, 5.41) is 4.07. The number of halogens is 1. The molecule has 2 aromatic carbocycles. The molecule has 3 rings (SSSR count). The fraction of sp³-hybridized carbons (Fsp3) is 0.414. The van der Waals surface area contributed by atoms with Crippen molar-refractivity contribution < 1.29 is 19.1 Å². The summed E-state index contributed by atoms with van der Waals surface area (Å²) < 4.78 is 5.95. The van der Waals surface area contributed by atoms with Crippen LogP contribution in [0.4, 0.5) is 10.5 Å². The van der Waals surface area contributed by atoms with Gasteiger partial charge in [-0.25, -0.2) is 10.6 Å². The Morgan fingerprint density at radius 1 is 1.17 bits per heavy atom. The zero-order valence-electron chi connectivity index (χ0n) is 23.8. The molecule has 12 heteroatoms. The molecular formula is C29H42BrN7O4. The third kappa shape index (κ3) is 11.7. The van der Waals surface area contributed by atoms with Crippen molar-refractivity contribution in [2.45, 2.75) is 45.7 Å². The van der Waals surface area contributed by atoms with E-state index in [-0.39, 0.29) is 37.6 Å². The van der Waals surface area contributed by atoms with Crippen LogP contribution in [0.25, 0.3) is 0 Å². The van der Waals surface area contributed by atoms with Gasteiger partial charge in [0.05, 0.1) is 25.6 Å². The van der Waals surface area contributed by atoms with Gasteiger partial charge in [0.15, 0.2) is 0 Å². The molecule has 0 bridgehead atoms. The molecule has 224 valence electrons. The second-order valence-electron chi connectivity index (χ2n) is 9.45. The summed E-state index contributed by atoms with van der Waals surface area (Å²) in [5.41, 5.74) is 14.9. The van der Waals surface area contributed by atoms with Gasteiger partial charge in [-0.3, -0.25) is 9.59 Å². The van der Waals surface area contributed by atoms with Crippen LogP contribution in [0.3, 0.4) is 0 Å². The van der Waals surface area contributed by atoms with Crippen LogP contribution in [-0.4, -0.2) is 66.0 Å². The lowest BCUT2D eigenvalue weighted by Crippen LogP contribution is -2.42. The first kappa shape index (κ1) is 33.4. The first-order valence-electron chi connectivity index (χ1n) is 13.6. The molecule has 1 fully saturated rings. The highest BCUT2D eigenvalue weighted by molar-refractivity contribution is 9.10. The smallest absolute Gasteiger partial charge is 0.318 e. The minimum atomic E-state index is -0.327. The fourth-order valence-electron chi connectivity index (χ4n) is 4.29. The lowest BCUT2D eigenvalue weighted by Gasteiger charge is -2.24. The number of benzene rings is 2. The van der Waals surface area contributed by atoms with Crippen LogP contribution in [0.2, 0.25) is 0 Å². The van der Waals surface area contributed by atoms with Gasteiger partial charge in [0.25, 0.3) is 0 Å². The van der Waals surface area contributed by atoms with Crippen molar-refractivity contribution in [1.82, 2.24) is 20.1 Å². The Balaban J connectivity index is 0.000000348. The fourth-order valence-corrected chi connectivity index (χ4v) is 4.84. The highest BCUT2D eigenvalue weighted by atomic mass is 79.9. The monoisotopic (exact) mass is 631 g/mol. The van der Waals surface area contributed by atoms with Crippen molar-refractivity contribution in [3.63, 3.8) is 0 Å². The maximum Gasteiger partial charge on any atom is 0.318 e. The molecule has 1 aliphatic heterocycles. The van der Waals surface area contributed by atoms with E-state index in [2.05, 4.69) is 27.3 Å². The van der Waals surface area contributed by atoms with E-state index >= 15 is 0 Å². The molecule has 3 amide bonds. The predicted octanol–water partition coefficient (Wildman–Crippen LogP) is 3.47. The Morgan fingerprint density at radius 2 is 1.88 bits per heavy atom. The van der Waals surface area contributed by atoms with Crippen LogP contribution in [0.15, 0.2) is 64.9 Å². The number of anilines is 1. The molecule has 1 saturated heterocycles. The van der Waals surface area contributed by atoms with Crippen molar-refractivity contribution in [1.29, 1.82) is 0 Å². The summed E-state index contributed by atoms with van der Waals surface area (Å²) in [7, 11) is 0. The van der Waals surface area contributed by atoms with E-state index in [1.807, 2.05) is 42.2 Å². The number of ether oxygens (including phenoxy) is 1. The number of nitrogens with zero attached hydrogens (tertiary/aromatic N) is 3. The maximum absolute atomic E-state index is 12.3. The molecule has 1 unspecified atom stereocenters. The van der Waals surface area contributed by atoms with Gasteiger partial charge in [-0.1, -0.05) is 46.3 Å². The molecule has 1 atom stereocenters. The molecule has 1 heterocycles. The maximum atomic E-state index is 12.3. The van der Waals surface area contributed by atoms with E-state index in [4.69, 9.17) is 22.0 Å². The van der Waals surface area contributed by atoms with Crippen LogP contribution in [0.5, 0.6) is 0 Å². The minimum absolute atomic E-state index is 0.152. The second kappa shape index (κ2) is 17.8. The van der Waals surface area contributed by atoms with Crippen LogP contribution in [0, 0.1) is 0 Å². The molecule has 0 saturated carbocycles. The number of rotatable bonds is 12. The molecule has 11 nitrogen and oxygen atoms in total. The Kier molecular flexibility index (Phi) is 14.5. The number of likely N-dealkylation sites (tertiary alicyclic amines) is 1.